The highest BCUT2D eigenvalue weighted by atomic mass is 35.5. The topological polar surface area (TPSA) is 45.6 Å². The van der Waals surface area contributed by atoms with Gasteiger partial charge in [0.2, 0.25) is 0 Å². The van der Waals surface area contributed by atoms with E-state index >= 15 is 4.39 Å². The van der Waals surface area contributed by atoms with Crippen molar-refractivity contribution < 1.29 is 18.6 Å². The molecule has 0 unspecified atom stereocenters. The first-order valence-corrected chi connectivity index (χ1v) is 13.3. The maximum absolute atomic E-state index is 15.4. The van der Waals surface area contributed by atoms with Gasteiger partial charge < -0.3 is 14.7 Å². The summed E-state index contributed by atoms with van der Waals surface area (Å²) < 4.78 is 34.2. The molecule has 1 aliphatic rings. The Labute approximate surface area is 214 Å². The predicted octanol–water partition coefficient (Wildman–Crippen LogP) is 6.55. The number of halogens is 3. The zero-order chi connectivity index (χ0) is 24.8. The highest BCUT2D eigenvalue weighted by molar-refractivity contribution is 7.99. The average Bonchev–Trinajstić information content (AvgIpc) is 2.86. The second-order valence-electron chi connectivity index (χ2n) is 9.07. The van der Waals surface area contributed by atoms with Crippen LogP contribution in [0.3, 0.4) is 0 Å². The lowest BCUT2D eigenvalue weighted by molar-refractivity contribution is 0.0672. The molecule has 1 saturated heterocycles. The summed E-state index contributed by atoms with van der Waals surface area (Å²) in [5.41, 5.74) is 1.40. The summed E-state index contributed by atoms with van der Waals surface area (Å²) in [5.74, 6) is 1.58. The summed E-state index contributed by atoms with van der Waals surface area (Å²) in [6, 6.07) is 11.8. The van der Waals surface area contributed by atoms with Crippen LogP contribution in [0.5, 0.6) is 5.75 Å². The van der Waals surface area contributed by atoms with Gasteiger partial charge in [0.1, 0.15) is 17.7 Å². The average molecular weight is 521 g/mol. The molecule has 3 aromatic rings. The Kier molecular flexibility index (Phi) is 9.22. The fourth-order valence-electron chi connectivity index (χ4n) is 4.91. The molecule has 35 heavy (non-hydrogen) atoms. The SMILES string of the molecule is COc1ccc2nccc([C@H](F)CC[C@@H]3CCN(CCSc4cc(F)cc(Cl)c4)C[C@@H]3CO)c2c1. The number of piperidine rings is 1. The Hall–Kier alpha value is -1.93. The van der Waals surface area contributed by atoms with Gasteiger partial charge in [0.05, 0.1) is 12.6 Å². The van der Waals surface area contributed by atoms with Crippen molar-refractivity contribution in [2.24, 2.45) is 11.8 Å². The molecule has 188 valence electrons. The Balaban J connectivity index is 1.29. The highest BCUT2D eigenvalue weighted by Gasteiger charge is 2.29. The second-order valence-corrected chi connectivity index (χ2v) is 10.7. The number of aromatic nitrogens is 1. The molecular weight excluding hydrogens is 490 g/mol. The molecule has 1 aromatic heterocycles. The number of likely N-dealkylation sites (tertiary alicyclic amines) is 1. The van der Waals surface area contributed by atoms with E-state index in [1.54, 1.807) is 37.2 Å². The van der Waals surface area contributed by atoms with Crippen LogP contribution in [0, 0.1) is 17.7 Å². The van der Waals surface area contributed by atoms with Gasteiger partial charge in [-0.2, -0.15) is 0 Å². The lowest BCUT2D eigenvalue weighted by atomic mass is 9.81. The van der Waals surface area contributed by atoms with Crippen LogP contribution in [0.2, 0.25) is 5.02 Å². The number of hydrogen-bond acceptors (Lipinski definition) is 5. The molecule has 0 aliphatic carbocycles. The van der Waals surface area contributed by atoms with Gasteiger partial charge >= 0.3 is 0 Å². The summed E-state index contributed by atoms with van der Waals surface area (Å²) in [5, 5.41) is 11.2. The number of methoxy groups -OCH3 is 1. The van der Waals surface area contributed by atoms with Crippen LogP contribution in [-0.4, -0.2) is 54.1 Å². The van der Waals surface area contributed by atoms with Crippen molar-refractivity contribution in [2.75, 3.05) is 39.1 Å². The predicted molar refractivity (Wildman–Crippen MR) is 139 cm³/mol. The molecule has 2 aromatic carbocycles. The number of ether oxygens (including phenoxy) is 1. The molecular formula is C27H31ClF2N2O2S. The number of rotatable bonds is 10. The van der Waals surface area contributed by atoms with Crippen molar-refractivity contribution >= 4 is 34.3 Å². The van der Waals surface area contributed by atoms with Crippen LogP contribution in [0.25, 0.3) is 10.9 Å². The Morgan fingerprint density at radius 2 is 2.09 bits per heavy atom. The molecule has 1 N–H and O–H groups in total. The standard InChI is InChI=1S/C27H31ClF2N2O2S/c1-34-22-3-5-27-25(15-22)24(6-8-31-27)26(30)4-2-18-7-9-32(16-19(18)17-33)10-11-35-23-13-20(28)12-21(29)14-23/h3,5-6,8,12-15,18-19,26,33H,2,4,7,9-11,16-17H2,1H3/t18-,19-,26-/m1/s1. The Morgan fingerprint density at radius 3 is 2.86 bits per heavy atom. The van der Waals surface area contributed by atoms with Gasteiger partial charge in [-0.15, -0.1) is 11.8 Å². The molecule has 1 aliphatic heterocycles. The maximum atomic E-state index is 15.4. The number of benzene rings is 2. The Morgan fingerprint density at radius 1 is 1.23 bits per heavy atom. The number of pyridine rings is 1. The molecule has 3 atom stereocenters. The number of fused-ring (bicyclic) bond motifs is 1. The minimum atomic E-state index is -1.10. The number of alkyl halides is 1. The van der Waals surface area contributed by atoms with Crippen LogP contribution < -0.4 is 4.74 Å². The summed E-state index contributed by atoms with van der Waals surface area (Å²) in [6.07, 6.45) is 2.62. The van der Waals surface area contributed by atoms with Gasteiger partial charge in [0, 0.05) is 47.0 Å². The largest absolute Gasteiger partial charge is 0.497 e. The third-order valence-corrected chi connectivity index (χ3v) is 8.01. The van der Waals surface area contributed by atoms with Crippen molar-refractivity contribution in [1.82, 2.24) is 9.88 Å². The fourth-order valence-corrected chi connectivity index (χ4v) is 6.19. The normalized spacial score (nSPS) is 19.7. The lowest BCUT2D eigenvalue weighted by Gasteiger charge is -2.38. The molecule has 0 spiro atoms. The van der Waals surface area contributed by atoms with E-state index in [4.69, 9.17) is 16.3 Å². The number of hydrogen-bond donors (Lipinski definition) is 1. The molecule has 2 heterocycles. The third-order valence-electron chi connectivity index (χ3n) is 6.83. The number of aliphatic hydroxyl groups excluding tert-OH is 1. The lowest BCUT2D eigenvalue weighted by Crippen LogP contribution is -2.43. The van der Waals surface area contributed by atoms with Crippen LogP contribution in [-0.2, 0) is 0 Å². The summed E-state index contributed by atoms with van der Waals surface area (Å²) in [6.45, 7) is 2.65. The minimum absolute atomic E-state index is 0.0974. The summed E-state index contributed by atoms with van der Waals surface area (Å²) >= 11 is 7.51. The van der Waals surface area contributed by atoms with E-state index in [9.17, 15) is 9.50 Å². The van der Waals surface area contributed by atoms with Crippen molar-refractivity contribution in [3.63, 3.8) is 0 Å². The van der Waals surface area contributed by atoms with Gasteiger partial charge in [-0.05, 0) is 85.7 Å². The summed E-state index contributed by atoms with van der Waals surface area (Å²) in [7, 11) is 1.60. The van der Waals surface area contributed by atoms with Crippen molar-refractivity contribution in [2.45, 2.75) is 30.3 Å². The first kappa shape index (κ1) is 26.1. The molecule has 0 amide bonds. The highest BCUT2D eigenvalue weighted by Crippen LogP contribution is 2.35. The van der Waals surface area contributed by atoms with E-state index in [0.29, 0.717) is 22.8 Å². The van der Waals surface area contributed by atoms with Gasteiger partial charge in [-0.3, -0.25) is 4.98 Å². The second kappa shape index (κ2) is 12.3. The number of thioether (sulfide) groups is 1. The van der Waals surface area contributed by atoms with E-state index in [1.165, 1.54) is 12.1 Å². The van der Waals surface area contributed by atoms with E-state index in [0.717, 1.165) is 54.0 Å². The zero-order valence-corrected chi connectivity index (χ0v) is 21.4. The minimum Gasteiger partial charge on any atom is -0.497 e. The van der Waals surface area contributed by atoms with Gasteiger partial charge in [0.15, 0.2) is 0 Å². The Bertz CT molecular complexity index is 1120. The van der Waals surface area contributed by atoms with Gasteiger partial charge in [-0.1, -0.05) is 11.6 Å². The first-order valence-electron chi connectivity index (χ1n) is 12.0. The van der Waals surface area contributed by atoms with Crippen LogP contribution in [0.4, 0.5) is 8.78 Å². The summed E-state index contributed by atoms with van der Waals surface area (Å²) in [4.78, 5) is 7.50. The van der Waals surface area contributed by atoms with Crippen LogP contribution >= 0.6 is 23.4 Å². The van der Waals surface area contributed by atoms with Crippen LogP contribution in [0.15, 0.2) is 53.6 Å². The fraction of sp³-hybridized carbons (Fsp3) is 0.444. The van der Waals surface area contributed by atoms with E-state index in [-0.39, 0.29) is 24.3 Å². The molecule has 1 fully saturated rings. The van der Waals surface area contributed by atoms with E-state index < -0.39 is 6.17 Å². The first-order chi connectivity index (χ1) is 17.0. The molecule has 0 saturated carbocycles. The van der Waals surface area contributed by atoms with Gasteiger partial charge in [-0.25, -0.2) is 8.78 Å². The van der Waals surface area contributed by atoms with E-state index in [1.807, 2.05) is 18.2 Å². The molecule has 8 heteroatoms. The van der Waals surface area contributed by atoms with Crippen molar-refractivity contribution in [1.29, 1.82) is 0 Å². The number of aliphatic hydroxyl groups is 1. The quantitative estimate of drug-likeness (QED) is 0.307. The van der Waals surface area contributed by atoms with Crippen molar-refractivity contribution in [3.8, 4) is 5.75 Å². The zero-order valence-electron chi connectivity index (χ0n) is 19.8. The smallest absolute Gasteiger partial charge is 0.126 e. The third kappa shape index (κ3) is 6.85. The molecule has 4 nitrogen and oxygen atoms in total. The molecule has 0 radical (unpaired) electrons. The molecule has 0 bridgehead atoms. The maximum Gasteiger partial charge on any atom is 0.126 e. The monoisotopic (exact) mass is 520 g/mol. The van der Waals surface area contributed by atoms with Crippen LogP contribution in [0.1, 0.15) is 31.0 Å². The van der Waals surface area contributed by atoms with E-state index in [2.05, 4.69) is 9.88 Å². The van der Waals surface area contributed by atoms with Crippen molar-refractivity contribution in [3.05, 3.63) is 65.1 Å². The number of nitrogens with zero attached hydrogens (tertiary/aromatic N) is 2. The van der Waals surface area contributed by atoms with Gasteiger partial charge in [0.25, 0.3) is 0 Å². The molecule has 4 rings (SSSR count).